The summed E-state index contributed by atoms with van der Waals surface area (Å²) >= 11 is 0. The highest BCUT2D eigenvalue weighted by Gasteiger charge is 2.58. The molecule has 11 heavy (non-hydrogen) atoms. The Morgan fingerprint density at radius 1 is 1.45 bits per heavy atom. The molecule has 0 unspecified atom stereocenters. The maximum absolute atomic E-state index is 10.5. The number of carboxylic acid groups (broad SMARTS) is 1. The van der Waals surface area contributed by atoms with Crippen molar-refractivity contribution < 1.29 is 9.90 Å². The van der Waals surface area contributed by atoms with E-state index in [2.05, 4.69) is 4.90 Å². The number of likely N-dealkylation sites (tertiary alicyclic amines) is 1. The summed E-state index contributed by atoms with van der Waals surface area (Å²) in [7, 11) is 2.05. The van der Waals surface area contributed by atoms with Gasteiger partial charge < -0.3 is 10.0 Å². The van der Waals surface area contributed by atoms with Crippen LogP contribution in [-0.4, -0.2) is 36.1 Å². The summed E-state index contributed by atoms with van der Waals surface area (Å²) in [5.74, 6) is 0.351. The Balaban J connectivity index is 0.000000605. The van der Waals surface area contributed by atoms with Crippen molar-refractivity contribution in [1.29, 1.82) is 0 Å². The lowest BCUT2D eigenvalue weighted by molar-refractivity contribution is -0.139. The number of carboxylic acids is 1. The van der Waals surface area contributed by atoms with Crippen LogP contribution in [0, 0.1) is 17.8 Å². The van der Waals surface area contributed by atoms with E-state index in [1.807, 2.05) is 7.05 Å². The fourth-order valence-electron chi connectivity index (χ4n) is 2.10. The molecule has 2 aliphatic rings. The maximum atomic E-state index is 10.5. The van der Waals surface area contributed by atoms with Gasteiger partial charge in [-0.3, -0.25) is 4.79 Å². The molecule has 0 radical (unpaired) electrons. The van der Waals surface area contributed by atoms with E-state index in [-0.39, 0.29) is 18.3 Å². The highest BCUT2D eigenvalue weighted by atomic mass is 35.5. The largest absolute Gasteiger partial charge is 0.481 e. The molecule has 0 aromatic heterocycles. The molecule has 0 amide bonds. The Kier molecular flexibility index (Phi) is 2.12. The van der Waals surface area contributed by atoms with Gasteiger partial charge in [0.15, 0.2) is 0 Å². The van der Waals surface area contributed by atoms with Crippen molar-refractivity contribution in [2.75, 3.05) is 20.1 Å². The van der Waals surface area contributed by atoms with Crippen molar-refractivity contribution in [2.45, 2.75) is 0 Å². The molecule has 1 N–H and O–H groups in total. The number of piperidine rings is 1. The highest BCUT2D eigenvalue weighted by Crippen LogP contribution is 2.51. The minimum absolute atomic E-state index is 0. The normalized spacial score (nSPS) is 41.0. The van der Waals surface area contributed by atoms with Gasteiger partial charge in [-0.05, 0) is 18.9 Å². The van der Waals surface area contributed by atoms with Gasteiger partial charge in [-0.15, -0.1) is 12.4 Å². The molecule has 0 bridgehead atoms. The molecule has 0 aromatic rings. The Labute approximate surface area is 71.8 Å². The first kappa shape index (κ1) is 8.81. The minimum atomic E-state index is -0.594. The predicted octanol–water partition coefficient (Wildman–Crippen LogP) is 0.300. The number of aliphatic carboxylic acids is 1. The van der Waals surface area contributed by atoms with Crippen LogP contribution in [0.1, 0.15) is 0 Å². The molecule has 3 nitrogen and oxygen atoms in total. The van der Waals surface area contributed by atoms with Crippen molar-refractivity contribution in [2.24, 2.45) is 17.8 Å². The molecule has 1 aliphatic heterocycles. The van der Waals surface area contributed by atoms with E-state index in [4.69, 9.17) is 5.11 Å². The summed E-state index contributed by atoms with van der Waals surface area (Å²) in [6, 6.07) is 0. The molecule has 2 fully saturated rings. The first-order valence-corrected chi connectivity index (χ1v) is 3.61. The van der Waals surface area contributed by atoms with E-state index in [1.165, 1.54) is 0 Å². The third kappa shape index (κ3) is 1.23. The first-order valence-electron chi connectivity index (χ1n) is 3.61. The number of halogens is 1. The molecule has 0 aromatic carbocycles. The van der Waals surface area contributed by atoms with Crippen LogP contribution in [0.3, 0.4) is 0 Å². The van der Waals surface area contributed by atoms with Gasteiger partial charge in [0.1, 0.15) is 0 Å². The summed E-state index contributed by atoms with van der Waals surface area (Å²) in [6.45, 7) is 1.98. The summed E-state index contributed by atoms with van der Waals surface area (Å²) in [4.78, 5) is 12.7. The van der Waals surface area contributed by atoms with Crippen molar-refractivity contribution in [3.05, 3.63) is 0 Å². The fraction of sp³-hybridized carbons (Fsp3) is 0.857. The molecular formula is C7H12ClNO2. The van der Waals surface area contributed by atoms with Gasteiger partial charge in [0.05, 0.1) is 5.92 Å². The van der Waals surface area contributed by atoms with Gasteiger partial charge >= 0.3 is 5.97 Å². The van der Waals surface area contributed by atoms with E-state index >= 15 is 0 Å². The second-order valence-electron chi connectivity index (χ2n) is 3.41. The van der Waals surface area contributed by atoms with E-state index in [0.29, 0.717) is 11.8 Å². The fourth-order valence-corrected chi connectivity index (χ4v) is 2.10. The van der Waals surface area contributed by atoms with Gasteiger partial charge in [0, 0.05) is 13.1 Å². The Hall–Kier alpha value is -0.280. The van der Waals surface area contributed by atoms with E-state index < -0.39 is 5.97 Å². The quantitative estimate of drug-likeness (QED) is 0.627. The third-order valence-corrected chi connectivity index (χ3v) is 2.66. The molecule has 1 aliphatic carbocycles. The molecule has 0 spiro atoms. The van der Waals surface area contributed by atoms with Crippen LogP contribution in [0.25, 0.3) is 0 Å². The summed E-state index contributed by atoms with van der Waals surface area (Å²) in [6.07, 6.45) is 0. The van der Waals surface area contributed by atoms with E-state index in [9.17, 15) is 4.79 Å². The molecule has 2 rings (SSSR count). The summed E-state index contributed by atoms with van der Waals surface area (Å²) in [5.41, 5.74) is 0. The topological polar surface area (TPSA) is 40.5 Å². The number of hydrogen-bond donors (Lipinski definition) is 1. The summed E-state index contributed by atoms with van der Waals surface area (Å²) in [5, 5.41) is 8.63. The van der Waals surface area contributed by atoms with Crippen molar-refractivity contribution in [3.8, 4) is 0 Å². The summed E-state index contributed by atoms with van der Waals surface area (Å²) < 4.78 is 0. The second-order valence-corrected chi connectivity index (χ2v) is 3.41. The number of nitrogens with zero attached hydrogens (tertiary/aromatic N) is 1. The molecule has 3 atom stereocenters. The number of rotatable bonds is 1. The standard InChI is InChI=1S/C7H11NO2.ClH/c1-8-2-4-5(3-8)6(4)7(9)10;/h4-6H,2-3H2,1H3,(H,9,10);1H/t4-,5+,6-;. The van der Waals surface area contributed by atoms with Crippen molar-refractivity contribution in [3.63, 3.8) is 0 Å². The van der Waals surface area contributed by atoms with Gasteiger partial charge in [0.25, 0.3) is 0 Å². The van der Waals surface area contributed by atoms with Crippen LogP contribution < -0.4 is 0 Å². The first-order chi connectivity index (χ1) is 4.70. The minimum Gasteiger partial charge on any atom is -0.481 e. The smallest absolute Gasteiger partial charge is 0.307 e. The molecule has 1 saturated carbocycles. The average Bonchev–Trinajstić information content (AvgIpc) is 2.32. The number of fused-ring (bicyclic) bond motifs is 1. The van der Waals surface area contributed by atoms with Crippen molar-refractivity contribution in [1.82, 2.24) is 4.90 Å². The van der Waals surface area contributed by atoms with Crippen LogP contribution in [-0.2, 0) is 4.79 Å². The van der Waals surface area contributed by atoms with Gasteiger partial charge in [0.2, 0.25) is 0 Å². The monoisotopic (exact) mass is 177 g/mol. The molecule has 4 heteroatoms. The Bertz CT molecular complexity index is 173. The predicted molar refractivity (Wildman–Crippen MR) is 42.9 cm³/mol. The lowest BCUT2D eigenvalue weighted by Crippen LogP contribution is -2.21. The van der Waals surface area contributed by atoms with Gasteiger partial charge in [-0.25, -0.2) is 0 Å². The molecule has 1 saturated heterocycles. The van der Waals surface area contributed by atoms with Gasteiger partial charge in [-0.1, -0.05) is 0 Å². The van der Waals surface area contributed by atoms with Crippen molar-refractivity contribution >= 4 is 18.4 Å². The van der Waals surface area contributed by atoms with Crippen LogP contribution in [0.5, 0.6) is 0 Å². The number of carbonyl (C=O) groups is 1. The maximum Gasteiger partial charge on any atom is 0.307 e. The SMILES string of the molecule is CN1C[C@@H]2[C@H](C1)[C@@H]2C(=O)O.Cl. The lowest BCUT2D eigenvalue weighted by atomic mass is 10.3. The van der Waals surface area contributed by atoms with Crippen LogP contribution >= 0.6 is 12.4 Å². The van der Waals surface area contributed by atoms with Crippen LogP contribution in [0.2, 0.25) is 0 Å². The highest BCUT2D eigenvalue weighted by molar-refractivity contribution is 5.85. The Morgan fingerprint density at radius 3 is 2.27 bits per heavy atom. The van der Waals surface area contributed by atoms with Crippen LogP contribution in [0.4, 0.5) is 0 Å². The number of hydrogen-bond acceptors (Lipinski definition) is 2. The third-order valence-electron chi connectivity index (χ3n) is 2.66. The van der Waals surface area contributed by atoms with E-state index in [0.717, 1.165) is 13.1 Å². The lowest BCUT2D eigenvalue weighted by Gasteiger charge is -2.09. The zero-order chi connectivity index (χ0) is 7.30. The zero-order valence-electron chi connectivity index (χ0n) is 6.36. The van der Waals surface area contributed by atoms with E-state index in [1.54, 1.807) is 0 Å². The Morgan fingerprint density at radius 2 is 1.91 bits per heavy atom. The molecular weight excluding hydrogens is 166 g/mol. The van der Waals surface area contributed by atoms with Crippen LogP contribution in [0.15, 0.2) is 0 Å². The molecule has 1 heterocycles. The van der Waals surface area contributed by atoms with Gasteiger partial charge in [-0.2, -0.15) is 0 Å². The zero-order valence-corrected chi connectivity index (χ0v) is 7.17. The second kappa shape index (κ2) is 2.64. The average molecular weight is 178 g/mol. The molecule has 64 valence electrons.